The van der Waals surface area contributed by atoms with Gasteiger partial charge in [-0.3, -0.25) is 4.79 Å². The number of amides is 1. The Morgan fingerprint density at radius 2 is 1.95 bits per heavy atom. The van der Waals surface area contributed by atoms with Gasteiger partial charge in [-0.1, -0.05) is 6.07 Å². The third-order valence-electron chi connectivity index (χ3n) is 4.02. The molecule has 1 aliphatic rings. The zero-order valence-corrected chi connectivity index (χ0v) is 12.0. The molecule has 0 unspecified atom stereocenters. The number of fused-ring (bicyclic) bond motifs is 1. The molecular formula is C15H18N4O2. The fourth-order valence-electron chi connectivity index (χ4n) is 2.67. The number of hydrogen-bond acceptors (Lipinski definition) is 4. The Labute approximate surface area is 122 Å². The van der Waals surface area contributed by atoms with Crippen molar-refractivity contribution in [1.82, 2.24) is 14.4 Å². The van der Waals surface area contributed by atoms with Crippen molar-refractivity contribution < 1.29 is 4.79 Å². The molecule has 0 saturated carbocycles. The number of nitrogens with zero attached hydrogens (tertiary/aromatic N) is 4. The first-order valence-electron chi connectivity index (χ1n) is 7.06. The Morgan fingerprint density at radius 3 is 2.67 bits per heavy atom. The van der Waals surface area contributed by atoms with E-state index in [2.05, 4.69) is 17.1 Å². The summed E-state index contributed by atoms with van der Waals surface area (Å²) in [5, 5.41) is 3.96. The van der Waals surface area contributed by atoms with Gasteiger partial charge in [0.15, 0.2) is 0 Å². The summed E-state index contributed by atoms with van der Waals surface area (Å²) in [5.41, 5.74) is 1.25. The first-order chi connectivity index (χ1) is 10.2. The second-order valence-electron chi connectivity index (χ2n) is 5.46. The van der Waals surface area contributed by atoms with Gasteiger partial charge in [-0.15, -0.1) is 4.91 Å². The Bertz CT molecular complexity index is 671. The van der Waals surface area contributed by atoms with Crippen molar-refractivity contribution in [2.45, 2.75) is 6.54 Å². The van der Waals surface area contributed by atoms with Crippen LogP contribution in [0.2, 0.25) is 0 Å². The molecule has 21 heavy (non-hydrogen) atoms. The van der Waals surface area contributed by atoms with E-state index < -0.39 is 0 Å². The van der Waals surface area contributed by atoms with Gasteiger partial charge in [0, 0.05) is 32.4 Å². The minimum atomic E-state index is 0.116. The number of hydrogen-bond donors (Lipinski definition) is 0. The fourth-order valence-corrected chi connectivity index (χ4v) is 2.67. The highest BCUT2D eigenvalue weighted by Gasteiger charge is 2.19. The molecule has 0 atom stereocenters. The molecule has 1 aromatic carbocycles. The van der Waals surface area contributed by atoms with Gasteiger partial charge < -0.3 is 14.4 Å². The highest BCUT2D eigenvalue weighted by molar-refractivity contribution is 5.85. The smallest absolute Gasteiger partial charge is 0.242 e. The van der Waals surface area contributed by atoms with Crippen LogP contribution >= 0.6 is 0 Å². The Hall–Kier alpha value is -2.21. The molecule has 0 radical (unpaired) electrons. The molecule has 0 N–H and O–H groups in total. The van der Waals surface area contributed by atoms with Crippen molar-refractivity contribution >= 4 is 22.5 Å². The summed E-state index contributed by atoms with van der Waals surface area (Å²) in [6.07, 6.45) is 1.88. The third kappa shape index (κ3) is 2.80. The van der Waals surface area contributed by atoms with E-state index in [4.69, 9.17) is 0 Å². The predicted molar refractivity (Wildman–Crippen MR) is 81.5 cm³/mol. The van der Waals surface area contributed by atoms with Crippen LogP contribution in [0.15, 0.2) is 35.6 Å². The maximum atomic E-state index is 12.4. The number of aromatic nitrogens is 1. The molecule has 2 heterocycles. The highest BCUT2D eigenvalue weighted by Crippen LogP contribution is 2.22. The van der Waals surface area contributed by atoms with Crippen LogP contribution in [0, 0.1) is 4.91 Å². The lowest BCUT2D eigenvalue weighted by Gasteiger charge is -2.32. The van der Waals surface area contributed by atoms with Gasteiger partial charge in [-0.05, 0) is 35.8 Å². The van der Waals surface area contributed by atoms with Crippen molar-refractivity contribution in [3.05, 3.63) is 35.4 Å². The van der Waals surface area contributed by atoms with Crippen molar-refractivity contribution in [3.8, 4) is 0 Å². The second kappa shape index (κ2) is 5.65. The largest absolute Gasteiger partial charge is 0.339 e. The Balaban J connectivity index is 1.78. The van der Waals surface area contributed by atoms with Gasteiger partial charge >= 0.3 is 0 Å². The number of likely N-dealkylation sites (N-methyl/N-ethyl adjacent to an activating group) is 1. The second-order valence-corrected chi connectivity index (χ2v) is 5.46. The van der Waals surface area contributed by atoms with Crippen LogP contribution in [0.4, 0.5) is 5.69 Å². The van der Waals surface area contributed by atoms with Crippen LogP contribution < -0.4 is 0 Å². The van der Waals surface area contributed by atoms with Crippen molar-refractivity contribution in [3.63, 3.8) is 0 Å². The molecule has 1 saturated heterocycles. The summed E-state index contributed by atoms with van der Waals surface area (Å²) in [5.74, 6) is 0.116. The van der Waals surface area contributed by atoms with Gasteiger partial charge in [0.05, 0.1) is 5.52 Å². The van der Waals surface area contributed by atoms with E-state index in [1.807, 2.05) is 27.8 Å². The molecule has 1 aliphatic heterocycles. The average Bonchev–Trinajstić information content (AvgIpc) is 2.90. The minimum Gasteiger partial charge on any atom is -0.339 e. The first-order valence-corrected chi connectivity index (χ1v) is 7.06. The number of carbonyl (C=O) groups is 1. The summed E-state index contributed by atoms with van der Waals surface area (Å²) >= 11 is 0. The van der Waals surface area contributed by atoms with E-state index in [9.17, 15) is 9.70 Å². The maximum absolute atomic E-state index is 12.4. The number of benzene rings is 1. The summed E-state index contributed by atoms with van der Waals surface area (Å²) in [6, 6.07) is 7.20. The lowest BCUT2D eigenvalue weighted by molar-refractivity contribution is -0.133. The SMILES string of the molecule is CN1CCN(C(=O)Cn2ccc3ccc(N=O)cc32)CC1. The topological polar surface area (TPSA) is 57.9 Å². The van der Waals surface area contributed by atoms with E-state index in [0.717, 1.165) is 37.1 Å². The molecule has 1 fully saturated rings. The molecule has 1 amide bonds. The van der Waals surface area contributed by atoms with Crippen LogP contribution in [0.3, 0.4) is 0 Å². The maximum Gasteiger partial charge on any atom is 0.242 e. The number of carbonyl (C=O) groups excluding carboxylic acids is 1. The normalized spacial score (nSPS) is 16.3. The zero-order chi connectivity index (χ0) is 14.8. The fraction of sp³-hybridized carbons (Fsp3) is 0.400. The van der Waals surface area contributed by atoms with E-state index in [1.165, 1.54) is 0 Å². The third-order valence-corrected chi connectivity index (χ3v) is 4.02. The standard InChI is InChI=1S/C15H18N4O2/c1-17-6-8-18(9-7-17)15(20)11-19-5-4-12-2-3-13(16-21)10-14(12)19/h2-5,10H,6-9,11H2,1H3. The Kier molecular flexibility index (Phi) is 3.70. The molecule has 1 aromatic heterocycles. The number of rotatable bonds is 3. The van der Waals surface area contributed by atoms with Gasteiger partial charge in [0.25, 0.3) is 0 Å². The predicted octanol–water partition coefficient (Wildman–Crippen LogP) is 1.81. The van der Waals surface area contributed by atoms with E-state index in [0.29, 0.717) is 12.2 Å². The number of piperazine rings is 1. The van der Waals surface area contributed by atoms with Crippen molar-refractivity contribution in [2.75, 3.05) is 33.2 Å². The van der Waals surface area contributed by atoms with Crippen molar-refractivity contribution in [2.24, 2.45) is 5.18 Å². The molecule has 0 aliphatic carbocycles. The summed E-state index contributed by atoms with van der Waals surface area (Å²) in [4.78, 5) is 27.1. The quantitative estimate of drug-likeness (QED) is 0.809. The molecule has 2 aromatic rings. The van der Waals surface area contributed by atoms with Crippen LogP contribution in [0.25, 0.3) is 10.9 Å². The lowest BCUT2D eigenvalue weighted by atomic mass is 10.2. The van der Waals surface area contributed by atoms with Gasteiger partial charge in [0.1, 0.15) is 12.2 Å². The van der Waals surface area contributed by atoms with Crippen LogP contribution in [0.1, 0.15) is 0 Å². The van der Waals surface area contributed by atoms with Crippen molar-refractivity contribution in [1.29, 1.82) is 0 Å². The molecular weight excluding hydrogens is 268 g/mol. The molecule has 3 rings (SSSR count). The van der Waals surface area contributed by atoms with E-state index in [-0.39, 0.29) is 5.91 Å². The molecule has 6 heteroatoms. The monoisotopic (exact) mass is 286 g/mol. The van der Waals surface area contributed by atoms with Gasteiger partial charge in [0.2, 0.25) is 5.91 Å². The van der Waals surface area contributed by atoms with Gasteiger partial charge in [-0.25, -0.2) is 0 Å². The first kappa shape index (κ1) is 13.8. The minimum absolute atomic E-state index is 0.116. The zero-order valence-electron chi connectivity index (χ0n) is 12.0. The average molecular weight is 286 g/mol. The number of nitroso groups, excluding NO2 is 1. The van der Waals surface area contributed by atoms with Gasteiger partial charge in [-0.2, -0.15) is 0 Å². The molecule has 110 valence electrons. The van der Waals surface area contributed by atoms with Crippen LogP contribution in [-0.4, -0.2) is 53.5 Å². The lowest BCUT2D eigenvalue weighted by Crippen LogP contribution is -2.48. The Morgan fingerprint density at radius 1 is 1.19 bits per heavy atom. The summed E-state index contributed by atoms with van der Waals surface area (Å²) < 4.78 is 1.88. The molecule has 6 nitrogen and oxygen atoms in total. The molecule has 0 bridgehead atoms. The summed E-state index contributed by atoms with van der Waals surface area (Å²) in [7, 11) is 2.06. The molecule has 0 spiro atoms. The van der Waals surface area contributed by atoms with E-state index in [1.54, 1.807) is 12.1 Å². The van der Waals surface area contributed by atoms with Crippen LogP contribution in [-0.2, 0) is 11.3 Å². The van der Waals surface area contributed by atoms with E-state index >= 15 is 0 Å². The van der Waals surface area contributed by atoms with Crippen LogP contribution in [0.5, 0.6) is 0 Å². The summed E-state index contributed by atoms with van der Waals surface area (Å²) in [6.45, 7) is 3.68. The highest BCUT2D eigenvalue weighted by atomic mass is 16.3.